The molecule has 0 bridgehead atoms. The van der Waals surface area contributed by atoms with Crippen molar-refractivity contribution in [2.75, 3.05) is 0 Å². The lowest BCUT2D eigenvalue weighted by Gasteiger charge is -2.32. The largest absolute Gasteiger partial charge is 0.435 e. The summed E-state index contributed by atoms with van der Waals surface area (Å²) >= 11 is 0. The molecule has 0 N–H and O–H groups in total. The summed E-state index contributed by atoms with van der Waals surface area (Å²) in [4.78, 5) is 12.2. The Morgan fingerprint density at radius 3 is 2.22 bits per heavy atom. The summed E-state index contributed by atoms with van der Waals surface area (Å²) in [6.07, 6.45) is 10.6. The zero-order valence-electron chi connectivity index (χ0n) is 15.6. The first-order chi connectivity index (χ1) is 11.1. The molecule has 0 radical (unpaired) electrons. The predicted molar refractivity (Wildman–Crippen MR) is 97.1 cm³/mol. The maximum absolute atomic E-state index is 12.2. The highest BCUT2D eigenvalue weighted by atomic mass is 16.7. The minimum Gasteiger partial charge on any atom is -0.435 e. The van der Waals surface area contributed by atoms with E-state index in [-0.39, 0.29) is 12.1 Å². The van der Waals surface area contributed by atoms with Crippen molar-refractivity contribution in [3.05, 3.63) is 25.3 Å². The summed E-state index contributed by atoms with van der Waals surface area (Å²) in [5.74, 6) is -0.447. The van der Waals surface area contributed by atoms with Crippen LogP contribution in [0.15, 0.2) is 25.3 Å². The van der Waals surface area contributed by atoms with Crippen LogP contribution in [-0.4, -0.2) is 18.4 Å². The molecule has 1 aliphatic carbocycles. The molecule has 0 saturated heterocycles. The molecule has 1 saturated carbocycles. The fraction of sp³-hybridized carbons (Fsp3) is 0.750. The molecule has 134 valence electrons. The maximum Gasteiger partial charge on any atom is 0.318 e. The lowest BCUT2D eigenvalue weighted by atomic mass is 9.88. The van der Waals surface area contributed by atoms with Crippen LogP contribution in [0.1, 0.15) is 72.6 Å². The van der Waals surface area contributed by atoms with E-state index < -0.39 is 12.2 Å². The molecule has 0 aliphatic heterocycles. The highest BCUT2D eigenvalue weighted by molar-refractivity contribution is 5.76. The number of ether oxygens (including phenoxy) is 2. The molecule has 23 heavy (non-hydrogen) atoms. The Hall–Kier alpha value is -1.09. The van der Waals surface area contributed by atoms with Crippen LogP contribution in [-0.2, 0) is 14.3 Å². The smallest absolute Gasteiger partial charge is 0.318 e. The second kappa shape index (κ2) is 13.4. The average molecular weight is 325 g/mol. The van der Waals surface area contributed by atoms with Gasteiger partial charge in [-0.15, -0.1) is 13.2 Å². The normalized spacial score (nSPS) is 17.6. The lowest BCUT2D eigenvalue weighted by molar-refractivity contribution is -0.208. The van der Waals surface area contributed by atoms with Crippen LogP contribution >= 0.6 is 0 Å². The zero-order chi connectivity index (χ0) is 17.7. The third kappa shape index (κ3) is 8.36. The van der Waals surface area contributed by atoms with E-state index in [1.807, 2.05) is 20.8 Å². The molecule has 0 spiro atoms. The Morgan fingerprint density at radius 2 is 1.74 bits per heavy atom. The highest BCUT2D eigenvalue weighted by Crippen LogP contribution is 2.30. The van der Waals surface area contributed by atoms with Gasteiger partial charge >= 0.3 is 5.97 Å². The van der Waals surface area contributed by atoms with E-state index in [1.165, 1.54) is 19.3 Å². The van der Waals surface area contributed by atoms with Crippen LogP contribution in [0.2, 0.25) is 0 Å². The van der Waals surface area contributed by atoms with Gasteiger partial charge in [0, 0.05) is 5.92 Å². The van der Waals surface area contributed by atoms with Gasteiger partial charge in [-0.05, 0) is 26.2 Å². The quantitative estimate of drug-likeness (QED) is 0.312. The molecule has 3 heteroatoms. The van der Waals surface area contributed by atoms with Gasteiger partial charge in [0.2, 0.25) is 6.29 Å². The lowest BCUT2D eigenvalue weighted by Crippen LogP contribution is -2.35. The first-order valence-electron chi connectivity index (χ1n) is 9.23. The van der Waals surface area contributed by atoms with E-state index in [4.69, 9.17) is 9.47 Å². The molecule has 1 aliphatic rings. The van der Waals surface area contributed by atoms with Crippen molar-refractivity contribution in [2.45, 2.75) is 85.0 Å². The summed E-state index contributed by atoms with van der Waals surface area (Å²) in [5, 5.41) is 0. The van der Waals surface area contributed by atoms with Gasteiger partial charge < -0.3 is 9.47 Å². The third-order valence-electron chi connectivity index (χ3n) is 4.11. The van der Waals surface area contributed by atoms with E-state index in [0.29, 0.717) is 5.92 Å². The van der Waals surface area contributed by atoms with Crippen molar-refractivity contribution in [1.29, 1.82) is 0 Å². The topological polar surface area (TPSA) is 35.5 Å². The number of carbonyl (C=O) groups is 1. The van der Waals surface area contributed by atoms with Crippen molar-refractivity contribution in [3.63, 3.8) is 0 Å². The average Bonchev–Trinajstić information content (AvgIpc) is 2.58. The third-order valence-corrected chi connectivity index (χ3v) is 4.11. The Morgan fingerprint density at radius 1 is 1.17 bits per heavy atom. The molecule has 0 aromatic rings. The molecule has 0 aromatic carbocycles. The molecular weight excluding hydrogens is 288 g/mol. The second-order valence-corrected chi connectivity index (χ2v) is 5.94. The molecule has 1 fully saturated rings. The monoisotopic (exact) mass is 324 g/mol. The van der Waals surface area contributed by atoms with Crippen LogP contribution in [0.5, 0.6) is 0 Å². The molecule has 0 heterocycles. The van der Waals surface area contributed by atoms with Gasteiger partial charge in [0.1, 0.15) is 0 Å². The molecule has 0 aromatic heterocycles. The van der Waals surface area contributed by atoms with Crippen molar-refractivity contribution in [1.82, 2.24) is 0 Å². The Labute approximate surface area is 143 Å². The second-order valence-electron chi connectivity index (χ2n) is 5.94. The van der Waals surface area contributed by atoms with Crippen LogP contribution in [0.3, 0.4) is 0 Å². The number of esters is 1. The van der Waals surface area contributed by atoms with E-state index in [1.54, 1.807) is 12.2 Å². The molecule has 2 atom stereocenters. The SMILES string of the molecule is C=CC(C=C)C(=O)OC(OC(C)CCC)C1CCCCC1.CC. The van der Waals surface area contributed by atoms with Gasteiger partial charge in [-0.25, -0.2) is 0 Å². The van der Waals surface area contributed by atoms with Gasteiger partial charge in [-0.2, -0.15) is 0 Å². The fourth-order valence-electron chi connectivity index (χ4n) is 2.83. The molecular formula is C20H36O3. The first kappa shape index (κ1) is 21.9. The molecule has 0 amide bonds. The Bertz CT molecular complexity index is 324. The standard InChI is InChI=1S/C18H30O3.C2H6/c1-5-11-14(4)20-18(16-12-9-8-10-13-16)21-17(19)15(6-2)7-3;1-2/h6-7,14-16,18H,2-3,5,8-13H2,1,4H3;1-2H3. The Balaban J connectivity index is 0.00000232. The van der Waals surface area contributed by atoms with Gasteiger partial charge in [0.05, 0.1) is 12.0 Å². The number of rotatable bonds is 9. The Kier molecular flexibility index (Phi) is 12.7. The van der Waals surface area contributed by atoms with Crippen LogP contribution < -0.4 is 0 Å². The van der Waals surface area contributed by atoms with Gasteiger partial charge in [0.15, 0.2) is 0 Å². The molecule has 1 rings (SSSR count). The number of carbonyl (C=O) groups excluding carboxylic acids is 1. The zero-order valence-corrected chi connectivity index (χ0v) is 15.6. The van der Waals surface area contributed by atoms with Crippen LogP contribution in [0.25, 0.3) is 0 Å². The van der Waals surface area contributed by atoms with Crippen LogP contribution in [0, 0.1) is 11.8 Å². The fourth-order valence-corrected chi connectivity index (χ4v) is 2.83. The summed E-state index contributed by atoms with van der Waals surface area (Å²) in [5.41, 5.74) is 0. The molecule has 2 unspecified atom stereocenters. The minimum atomic E-state index is -0.457. The minimum absolute atomic E-state index is 0.112. The van der Waals surface area contributed by atoms with E-state index in [9.17, 15) is 4.79 Å². The summed E-state index contributed by atoms with van der Waals surface area (Å²) in [6.45, 7) is 15.5. The van der Waals surface area contributed by atoms with E-state index in [2.05, 4.69) is 20.1 Å². The summed E-state index contributed by atoms with van der Waals surface area (Å²) in [7, 11) is 0. The summed E-state index contributed by atoms with van der Waals surface area (Å²) in [6, 6.07) is 0. The van der Waals surface area contributed by atoms with Crippen LogP contribution in [0.4, 0.5) is 0 Å². The van der Waals surface area contributed by atoms with Crippen molar-refractivity contribution < 1.29 is 14.3 Å². The van der Waals surface area contributed by atoms with E-state index in [0.717, 1.165) is 25.7 Å². The first-order valence-corrected chi connectivity index (χ1v) is 9.23. The summed E-state index contributed by atoms with van der Waals surface area (Å²) < 4.78 is 11.7. The van der Waals surface area contributed by atoms with E-state index >= 15 is 0 Å². The number of hydrogen-bond donors (Lipinski definition) is 0. The van der Waals surface area contributed by atoms with Gasteiger partial charge in [0.25, 0.3) is 0 Å². The van der Waals surface area contributed by atoms with Gasteiger partial charge in [-0.1, -0.05) is 58.6 Å². The van der Waals surface area contributed by atoms with Crippen molar-refractivity contribution in [3.8, 4) is 0 Å². The predicted octanol–water partition coefficient (Wildman–Crippen LogP) is 5.66. The number of hydrogen-bond acceptors (Lipinski definition) is 3. The highest BCUT2D eigenvalue weighted by Gasteiger charge is 2.30. The van der Waals surface area contributed by atoms with Crippen molar-refractivity contribution >= 4 is 5.97 Å². The molecule has 3 nitrogen and oxygen atoms in total. The maximum atomic E-state index is 12.2. The van der Waals surface area contributed by atoms with Crippen molar-refractivity contribution in [2.24, 2.45) is 11.8 Å². The van der Waals surface area contributed by atoms with Gasteiger partial charge in [-0.3, -0.25) is 4.79 Å².